The third kappa shape index (κ3) is 3.47. The zero-order valence-corrected chi connectivity index (χ0v) is 14.0. The van der Waals surface area contributed by atoms with Crippen LogP contribution < -0.4 is 10.1 Å². The van der Waals surface area contributed by atoms with Gasteiger partial charge in [0.15, 0.2) is 0 Å². The number of ether oxygens (including phenoxy) is 1. The van der Waals surface area contributed by atoms with E-state index in [1.54, 1.807) is 0 Å². The highest BCUT2D eigenvalue weighted by Gasteiger charge is 2.23. The third-order valence-corrected chi connectivity index (χ3v) is 4.51. The minimum atomic E-state index is 0.236. The summed E-state index contributed by atoms with van der Waals surface area (Å²) in [7, 11) is 0. The van der Waals surface area contributed by atoms with Crippen molar-refractivity contribution in [3.63, 3.8) is 0 Å². The summed E-state index contributed by atoms with van der Waals surface area (Å²) in [6, 6.07) is 15.2. The number of fused-ring (bicyclic) bond motifs is 1. The summed E-state index contributed by atoms with van der Waals surface area (Å²) in [4.78, 5) is 0. The number of benzene rings is 2. The summed E-state index contributed by atoms with van der Waals surface area (Å²) in [6.07, 6.45) is 1.23. The first-order chi connectivity index (χ1) is 10.1. The van der Waals surface area contributed by atoms with Gasteiger partial charge in [0.2, 0.25) is 0 Å². The Morgan fingerprint density at radius 2 is 2.00 bits per heavy atom. The highest BCUT2D eigenvalue weighted by Crippen LogP contribution is 2.29. The number of rotatable bonds is 4. The Balaban J connectivity index is 1.56. The Morgan fingerprint density at radius 1 is 1.24 bits per heavy atom. The van der Waals surface area contributed by atoms with E-state index in [4.69, 9.17) is 4.74 Å². The van der Waals surface area contributed by atoms with Gasteiger partial charge in [-0.25, -0.2) is 0 Å². The van der Waals surface area contributed by atoms with E-state index < -0.39 is 0 Å². The topological polar surface area (TPSA) is 21.3 Å². The lowest BCUT2D eigenvalue weighted by Gasteiger charge is -2.17. The molecule has 1 aliphatic rings. The molecule has 0 saturated heterocycles. The summed E-state index contributed by atoms with van der Waals surface area (Å²) in [5.74, 6) is 1.05. The summed E-state index contributed by atoms with van der Waals surface area (Å²) in [6.45, 7) is 5.18. The zero-order chi connectivity index (χ0) is 14.8. The van der Waals surface area contributed by atoms with Gasteiger partial charge >= 0.3 is 0 Å². The molecule has 0 radical (unpaired) electrons. The molecule has 0 spiro atoms. The summed E-state index contributed by atoms with van der Waals surface area (Å²) in [5.41, 5.74) is 3.93. The molecule has 2 aromatic carbocycles. The van der Waals surface area contributed by atoms with E-state index in [-0.39, 0.29) is 6.10 Å². The highest BCUT2D eigenvalue weighted by molar-refractivity contribution is 9.10. The Hall–Kier alpha value is -1.32. The quantitative estimate of drug-likeness (QED) is 0.885. The fourth-order valence-corrected chi connectivity index (χ4v) is 3.00. The lowest BCUT2D eigenvalue weighted by atomic mass is 10.1. The van der Waals surface area contributed by atoms with Gasteiger partial charge in [0.1, 0.15) is 11.9 Å². The largest absolute Gasteiger partial charge is 0.488 e. The van der Waals surface area contributed by atoms with Gasteiger partial charge in [0.05, 0.1) is 0 Å². The molecule has 2 nitrogen and oxygen atoms in total. The first-order valence-electron chi connectivity index (χ1n) is 7.37. The predicted molar refractivity (Wildman–Crippen MR) is 89.9 cm³/mol. The van der Waals surface area contributed by atoms with Gasteiger partial charge in [-0.3, -0.25) is 0 Å². The van der Waals surface area contributed by atoms with Crippen LogP contribution in [-0.2, 0) is 6.42 Å². The SMILES string of the molecule is Cc1ccc2c(c1)CC(CN[C@H](C)c1ccc(Br)cc1)O2. The molecule has 0 fully saturated rings. The molecular formula is C18H20BrNO. The molecule has 1 unspecified atom stereocenters. The second kappa shape index (κ2) is 6.20. The average molecular weight is 346 g/mol. The molecule has 0 bridgehead atoms. The van der Waals surface area contributed by atoms with E-state index in [0.29, 0.717) is 6.04 Å². The van der Waals surface area contributed by atoms with Gasteiger partial charge < -0.3 is 10.1 Å². The predicted octanol–water partition coefficient (Wildman–Crippen LogP) is 4.41. The van der Waals surface area contributed by atoms with Crippen molar-refractivity contribution in [2.24, 2.45) is 0 Å². The van der Waals surface area contributed by atoms with E-state index in [0.717, 1.165) is 23.2 Å². The Labute approximate surface area is 134 Å². The highest BCUT2D eigenvalue weighted by atomic mass is 79.9. The number of hydrogen-bond donors (Lipinski definition) is 1. The molecule has 0 amide bonds. The second-order valence-corrected chi connectivity index (χ2v) is 6.65. The van der Waals surface area contributed by atoms with Crippen molar-refractivity contribution >= 4 is 15.9 Å². The van der Waals surface area contributed by atoms with Crippen molar-refractivity contribution in [2.45, 2.75) is 32.4 Å². The van der Waals surface area contributed by atoms with Crippen molar-refractivity contribution in [3.8, 4) is 5.75 Å². The molecular weight excluding hydrogens is 326 g/mol. The molecule has 110 valence electrons. The van der Waals surface area contributed by atoms with Gasteiger partial charge in [0.25, 0.3) is 0 Å². The van der Waals surface area contributed by atoms with E-state index in [1.807, 2.05) is 0 Å². The fourth-order valence-electron chi connectivity index (χ4n) is 2.74. The average Bonchev–Trinajstić information content (AvgIpc) is 2.87. The molecule has 3 rings (SSSR count). The van der Waals surface area contributed by atoms with Crippen LogP contribution in [0, 0.1) is 6.92 Å². The molecule has 3 heteroatoms. The minimum absolute atomic E-state index is 0.236. The van der Waals surface area contributed by atoms with E-state index in [1.165, 1.54) is 16.7 Å². The molecule has 1 heterocycles. The number of nitrogens with one attached hydrogen (secondary N) is 1. The zero-order valence-electron chi connectivity index (χ0n) is 12.4. The minimum Gasteiger partial charge on any atom is -0.488 e. The van der Waals surface area contributed by atoms with Crippen molar-refractivity contribution in [1.29, 1.82) is 0 Å². The normalized spacial score (nSPS) is 18.1. The van der Waals surface area contributed by atoms with Gasteiger partial charge in [-0.15, -0.1) is 0 Å². The summed E-state index contributed by atoms with van der Waals surface area (Å²) in [5, 5.41) is 3.57. The van der Waals surface area contributed by atoms with Crippen molar-refractivity contribution < 1.29 is 4.74 Å². The van der Waals surface area contributed by atoms with E-state index in [2.05, 4.69) is 77.6 Å². The van der Waals surface area contributed by atoms with Crippen molar-refractivity contribution in [2.75, 3.05) is 6.54 Å². The fraction of sp³-hybridized carbons (Fsp3) is 0.333. The van der Waals surface area contributed by atoms with Crippen LogP contribution in [0.1, 0.15) is 29.7 Å². The van der Waals surface area contributed by atoms with E-state index in [9.17, 15) is 0 Å². The first kappa shape index (κ1) is 14.6. The molecule has 0 aromatic heterocycles. The first-order valence-corrected chi connectivity index (χ1v) is 8.16. The van der Waals surface area contributed by atoms with Crippen LogP contribution >= 0.6 is 15.9 Å². The van der Waals surface area contributed by atoms with Crippen LogP contribution in [0.15, 0.2) is 46.9 Å². The van der Waals surface area contributed by atoms with Gasteiger partial charge in [-0.1, -0.05) is 45.8 Å². The summed E-state index contributed by atoms with van der Waals surface area (Å²) < 4.78 is 7.11. The van der Waals surface area contributed by atoms with Crippen LogP contribution in [0.25, 0.3) is 0 Å². The van der Waals surface area contributed by atoms with Gasteiger partial charge in [-0.2, -0.15) is 0 Å². The Kier molecular flexibility index (Phi) is 4.32. The molecule has 1 aliphatic heterocycles. The molecule has 0 saturated carbocycles. The number of aryl methyl sites for hydroxylation is 1. The van der Waals surface area contributed by atoms with Crippen LogP contribution in [0.4, 0.5) is 0 Å². The molecule has 2 atom stereocenters. The third-order valence-electron chi connectivity index (χ3n) is 3.98. The van der Waals surface area contributed by atoms with E-state index >= 15 is 0 Å². The molecule has 0 aliphatic carbocycles. The maximum absolute atomic E-state index is 6.00. The van der Waals surface area contributed by atoms with Crippen molar-refractivity contribution in [1.82, 2.24) is 5.32 Å². The van der Waals surface area contributed by atoms with Crippen LogP contribution in [0.5, 0.6) is 5.75 Å². The Morgan fingerprint density at radius 3 is 2.76 bits per heavy atom. The lowest BCUT2D eigenvalue weighted by Crippen LogP contribution is -2.31. The monoisotopic (exact) mass is 345 g/mol. The maximum atomic E-state index is 6.00. The number of halogens is 1. The standard InChI is InChI=1S/C18H20BrNO/c1-12-3-8-18-15(9-12)10-17(21-18)11-20-13(2)14-4-6-16(19)7-5-14/h3-9,13,17,20H,10-11H2,1-2H3/t13-,17?/m1/s1. The lowest BCUT2D eigenvalue weighted by molar-refractivity contribution is 0.222. The van der Waals surface area contributed by atoms with Gasteiger partial charge in [0, 0.05) is 23.5 Å². The summed E-state index contributed by atoms with van der Waals surface area (Å²) >= 11 is 3.47. The van der Waals surface area contributed by atoms with Crippen molar-refractivity contribution in [3.05, 3.63) is 63.6 Å². The Bertz CT molecular complexity index is 624. The van der Waals surface area contributed by atoms with Crippen LogP contribution in [0.2, 0.25) is 0 Å². The maximum Gasteiger partial charge on any atom is 0.123 e. The van der Waals surface area contributed by atoms with Gasteiger partial charge in [-0.05, 0) is 43.2 Å². The second-order valence-electron chi connectivity index (χ2n) is 5.74. The smallest absolute Gasteiger partial charge is 0.123 e. The van der Waals surface area contributed by atoms with Crippen LogP contribution in [0.3, 0.4) is 0 Å². The van der Waals surface area contributed by atoms with Crippen LogP contribution in [-0.4, -0.2) is 12.6 Å². The molecule has 2 aromatic rings. The number of hydrogen-bond acceptors (Lipinski definition) is 2. The molecule has 21 heavy (non-hydrogen) atoms. The molecule has 1 N–H and O–H groups in total.